The van der Waals surface area contributed by atoms with Gasteiger partial charge in [0.1, 0.15) is 0 Å². The number of carboxylic acid groups (broad SMARTS) is 1. The Balaban J connectivity index is 2.27. The molecule has 6 heteroatoms. The van der Waals surface area contributed by atoms with Gasteiger partial charge in [0.15, 0.2) is 0 Å². The molecule has 0 saturated carbocycles. The van der Waals surface area contributed by atoms with Gasteiger partial charge in [0.2, 0.25) is 5.91 Å². The summed E-state index contributed by atoms with van der Waals surface area (Å²) in [6.07, 6.45) is 1.80. The van der Waals surface area contributed by atoms with Crippen LogP contribution in [0.2, 0.25) is 10.0 Å². The van der Waals surface area contributed by atoms with E-state index in [1.54, 1.807) is 18.2 Å². The fourth-order valence-electron chi connectivity index (χ4n) is 1.87. The zero-order valence-electron chi connectivity index (χ0n) is 11.9. The molecule has 0 heterocycles. The highest BCUT2D eigenvalue weighted by Crippen LogP contribution is 2.22. The normalized spacial score (nSPS) is 12.0. The minimum absolute atomic E-state index is 0.0844. The van der Waals surface area contributed by atoms with Gasteiger partial charge in [-0.05, 0) is 36.5 Å². The number of rotatable bonds is 8. The maximum atomic E-state index is 11.8. The number of carbonyl (C=O) groups is 2. The molecule has 0 aliphatic rings. The highest BCUT2D eigenvalue weighted by molar-refractivity contribution is 6.42. The quantitative estimate of drug-likeness (QED) is 0.765. The van der Waals surface area contributed by atoms with E-state index in [2.05, 4.69) is 5.32 Å². The maximum absolute atomic E-state index is 11.8. The van der Waals surface area contributed by atoms with Gasteiger partial charge < -0.3 is 10.4 Å². The Morgan fingerprint density at radius 1 is 1.24 bits per heavy atom. The molecule has 21 heavy (non-hydrogen) atoms. The first-order valence-corrected chi connectivity index (χ1v) is 7.56. The summed E-state index contributed by atoms with van der Waals surface area (Å²) in [5.74, 6) is -0.601. The van der Waals surface area contributed by atoms with Crippen LogP contribution < -0.4 is 5.32 Å². The number of hydrogen-bond donors (Lipinski definition) is 2. The van der Waals surface area contributed by atoms with Crippen molar-refractivity contribution in [3.8, 4) is 0 Å². The van der Waals surface area contributed by atoms with Crippen LogP contribution in [-0.2, 0) is 16.0 Å². The number of aliphatic carboxylic acids is 1. The molecule has 1 unspecified atom stereocenters. The van der Waals surface area contributed by atoms with Crippen LogP contribution in [0.3, 0.4) is 0 Å². The molecule has 116 valence electrons. The van der Waals surface area contributed by atoms with E-state index in [1.165, 1.54) is 0 Å². The number of benzene rings is 1. The molecule has 1 aromatic rings. The Morgan fingerprint density at radius 3 is 2.57 bits per heavy atom. The molecule has 1 rings (SSSR count). The average molecular weight is 332 g/mol. The topological polar surface area (TPSA) is 66.4 Å². The summed E-state index contributed by atoms with van der Waals surface area (Å²) in [6.45, 7) is 2.52. The van der Waals surface area contributed by atoms with Crippen molar-refractivity contribution in [3.63, 3.8) is 0 Å². The van der Waals surface area contributed by atoms with Crippen molar-refractivity contribution >= 4 is 35.1 Å². The SMILES string of the molecule is CC(CCNC(=O)Cc1ccc(Cl)c(Cl)c1)CCC(=O)O. The van der Waals surface area contributed by atoms with Crippen molar-refractivity contribution in [3.05, 3.63) is 33.8 Å². The van der Waals surface area contributed by atoms with Crippen LogP contribution in [0.1, 0.15) is 31.7 Å². The van der Waals surface area contributed by atoms with Crippen LogP contribution in [0.15, 0.2) is 18.2 Å². The van der Waals surface area contributed by atoms with Crippen LogP contribution >= 0.6 is 23.2 Å². The van der Waals surface area contributed by atoms with Crippen LogP contribution in [0, 0.1) is 5.92 Å². The Morgan fingerprint density at radius 2 is 1.95 bits per heavy atom. The van der Waals surface area contributed by atoms with Gasteiger partial charge >= 0.3 is 5.97 Å². The second-order valence-corrected chi connectivity index (χ2v) is 5.92. The van der Waals surface area contributed by atoms with Crippen molar-refractivity contribution in [1.82, 2.24) is 5.32 Å². The first-order valence-electron chi connectivity index (χ1n) is 6.81. The van der Waals surface area contributed by atoms with Gasteiger partial charge in [0.05, 0.1) is 16.5 Å². The molecule has 0 bridgehead atoms. The summed E-state index contributed by atoms with van der Waals surface area (Å²) in [7, 11) is 0. The van der Waals surface area contributed by atoms with Crippen molar-refractivity contribution in [1.29, 1.82) is 0 Å². The first-order chi connectivity index (χ1) is 9.88. The van der Waals surface area contributed by atoms with Gasteiger partial charge in [0, 0.05) is 13.0 Å². The lowest BCUT2D eigenvalue weighted by atomic mass is 10.0. The van der Waals surface area contributed by atoms with Gasteiger partial charge in [-0.25, -0.2) is 0 Å². The average Bonchev–Trinajstić information content (AvgIpc) is 2.40. The number of nitrogens with one attached hydrogen (secondary N) is 1. The second-order valence-electron chi connectivity index (χ2n) is 5.10. The summed E-state index contributed by atoms with van der Waals surface area (Å²) in [6, 6.07) is 5.11. The molecule has 0 aromatic heterocycles. The highest BCUT2D eigenvalue weighted by atomic mass is 35.5. The van der Waals surface area contributed by atoms with Crippen molar-refractivity contribution < 1.29 is 14.7 Å². The Labute approximate surface area is 134 Å². The van der Waals surface area contributed by atoms with E-state index in [4.69, 9.17) is 28.3 Å². The Kier molecular flexibility index (Phi) is 7.54. The maximum Gasteiger partial charge on any atom is 0.303 e. The van der Waals surface area contributed by atoms with E-state index in [-0.39, 0.29) is 24.7 Å². The predicted molar refractivity (Wildman–Crippen MR) is 83.8 cm³/mol. The van der Waals surface area contributed by atoms with Gasteiger partial charge in [-0.1, -0.05) is 36.2 Å². The third-order valence-corrected chi connectivity index (χ3v) is 3.90. The lowest BCUT2D eigenvalue weighted by molar-refractivity contribution is -0.137. The van der Waals surface area contributed by atoms with E-state index >= 15 is 0 Å². The molecule has 1 aromatic carbocycles. The van der Waals surface area contributed by atoms with E-state index in [0.29, 0.717) is 23.0 Å². The van der Waals surface area contributed by atoms with Crippen LogP contribution in [-0.4, -0.2) is 23.5 Å². The number of amides is 1. The molecule has 0 aliphatic carbocycles. The van der Waals surface area contributed by atoms with Crippen molar-refractivity contribution in [2.24, 2.45) is 5.92 Å². The van der Waals surface area contributed by atoms with Gasteiger partial charge in [0.25, 0.3) is 0 Å². The first kappa shape index (κ1) is 17.8. The molecule has 4 nitrogen and oxygen atoms in total. The number of carboxylic acids is 1. The Hall–Kier alpha value is -1.26. The van der Waals surface area contributed by atoms with Crippen molar-refractivity contribution in [2.75, 3.05) is 6.54 Å². The predicted octanol–water partition coefficient (Wildman–Crippen LogP) is 3.54. The number of halogens is 2. The zero-order chi connectivity index (χ0) is 15.8. The summed E-state index contributed by atoms with van der Waals surface area (Å²) in [5.41, 5.74) is 0.806. The third-order valence-electron chi connectivity index (χ3n) is 3.16. The summed E-state index contributed by atoms with van der Waals surface area (Å²) in [5, 5.41) is 12.3. The number of carbonyl (C=O) groups excluding carboxylic acids is 1. The third kappa shape index (κ3) is 7.34. The summed E-state index contributed by atoms with van der Waals surface area (Å²) in [4.78, 5) is 22.2. The lowest BCUT2D eigenvalue weighted by Crippen LogP contribution is -2.27. The minimum Gasteiger partial charge on any atom is -0.481 e. The molecule has 0 fully saturated rings. The number of hydrogen-bond acceptors (Lipinski definition) is 2. The smallest absolute Gasteiger partial charge is 0.303 e. The molecule has 0 aliphatic heterocycles. The standard InChI is InChI=1S/C15H19Cl2NO3/c1-10(2-5-15(20)21)6-7-18-14(19)9-11-3-4-12(16)13(17)8-11/h3-4,8,10H,2,5-7,9H2,1H3,(H,18,19)(H,20,21). The highest BCUT2D eigenvalue weighted by Gasteiger charge is 2.08. The molecule has 0 saturated heterocycles. The summed E-state index contributed by atoms with van der Waals surface area (Å²) < 4.78 is 0. The van der Waals surface area contributed by atoms with Crippen LogP contribution in [0.5, 0.6) is 0 Å². The minimum atomic E-state index is -0.787. The summed E-state index contributed by atoms with van der Waals surface area (Å²) >= 11 is 11.7. The largest absolute Gasteiger partial charge is 0.481 e. The molecular weight excluding hydrogens is 313 g/mol. The van der Waals surface area contributed by atoms with Crippen LogP contribution in [0.4, 0.5) is 0 Å². The fraction of sp³-hybridized carbons (Fsp3) is 0.467. The molecule has 1 atom stereocenters. The van der Waals surface area contributed by atoms with E-state index in [9.17, 15) is 9.59 Å². The van der Waals surface area contributed by atoms with Crippen LogP contribution in [0.25, 0.3) is 0 Å². The van der Waals surface area contributed by atoms with Gasteiger partial charge in [-0.15, -0.1) is 0 Å². The van der Waals surface area contributed by atoms with E-state index < -0.39 is 5.97 Å². The Bertz CT molecular complexity index is 506. The zero-order valence-corrected chi connectivity index (χ0v) is 13.4. The molecule has 0 radical (unpaired) electrons. The van der Waals surface area contributed by atoms with Gasteiger partial charge in [-0.3, -0.25) is 9.59 Å². The molecule has 2 N–H and O–H groups in total. The van der Waals surface area contributed by atoms with E-state index in [1.807, 2.05) is 6.92 Å². The monoisotopic (exact) mass is 331 g/mol. The second kappa shape index (κ2) is 8.90. The molecule has 1 amide bonds. The lowest BCUT2D eigenvalue weighted by Gasteiger charge is -2.11. The fourth-order valence-corrected chi connectivity index (χ4v) is 2.19. The molecule has 0 spiro atoms. The van der Waals surface area contributed by atoms with E-state index in [0.717, 1.165) is 12.0 Å². The van der Waals surface area contributed by atoms with Gasteiger partial charge in [-0.2, -0.15) is 0 Å². The molecular formula is C15H19Cl2NO3. The van der Waals surface area contributed by atoms with Crippen molar-refractivity contribution in [2.45, 2.75) is 32.6 Å².